The van der Waals surface area contributed by atoms with Crippen molar-refractivity contribution in [2.24, 2.45) is 0 Å². The maximum atomic E-state index is 11.0. The third kappa shape index (κ3) is 7.44. The predicted octanol–water partition coefficient (Wildman–Crippen LogP) is -9.75. The van der Waals surface area contributed by atoms with Crippen LogP contribution in [0, 0.1) is 0 Å². The Bertz CT molecular complexity index is 914. The van der Waals surface area contributed by atoms with Crippen LogP contribution in [-0.2, 0) is 33.2 Å². The minimum atomic E-state index is -2.04. The van der Waals surface area contributed by atoms with Crippen LogP contribution in [0.4, 0.5) is 0 Å². The average Bonchev–Trinajstić information content (AvgIpc) is 3.03. The zero-order valence-corrected chi connectivity index (χ0v) is 23.5. The van der Waals surface area contributed by atoms with E-state index in [1.54, 1.807) is 0 Å². The van der Waals surface area contributed by atoms with Gasteiger partial charge in [-0.05, 0) is 0 Å². The third-order valence-electron chi connectivity index (χ3n) is 8.21. The summed E-state index contributed by atoms with van der Waals surface area (Å²) in [6.45, 7) is -3.40. The number of hydrogen-bond donors (Lipinski definition) is 14. The molecule has 0 aliphatic carbocycles. The Morgan fingerprint density at radius 1 is 0.333 bits per heavy atom. The highest BCUT2D eigenvalue weighted by molar-refractivity contribution is 4.97. The highest BCUT2D eigenvalue weighted by atomic mass is 16.8. The quantitative estimate of drug-likeness (QED) is 0.103. The van der Waals surface area contributed by atoms with Gasteiger partial charge in [-0.15, -0.1) is 0 Å². The lowest BCUT2D eigenvalue weighted by Gasteiger charge is -2.49. The first-order chi connectivity index (χ1) is 21.3. The molecule has 4 saturated heterocycles. The van der Waals surface area contributed by atoms with Gasteiger partial charge in [0, 0.05) is 0 Å². The molecule has 0 aromatic carbocycles. The molecule has 0 aromatic heterocycles. The molecule has 4 fully saturated rings. The molecule has 264 valence electrons. The Balaban J connectivity index is 1.48. The van der Waals surface area contributed by atoms with Gasteiger partial charge in [-0.3, -0.25) is 0 Å². The fourth-order valence-corrected chi connectivity index (χ4v) is 5.53. The zero-order valence-electron chi connectivity index (χ0n) is 23.5. The summed E-state index contributed by atoms with van der Waals surface area (Å²) in [6.07, 6.45) is -35.7. The number of rotatable bonds is 10. The third-order valence-corrected chi connectivity index (χ3v) is 8.21. The molecule has 0 amide bonds. The molecule has 0 bridgehead atoms. The van der Waals surface area contributed by atoms with E-state index in [4.69, 9.17) is 33.2 Å². The van der Waals surface area contributed by atoms with Gasteiger partial charge < -0.3 is 105 Å². The second kappa shape index (κ2) is 15.6. The van der Waals surface area contributed by atoms with Crippen LogP contribution in [0.2, 0.25) is 0 Å². The molecule has 0 spiro atoms. The summed E-state index contributed by atoms with van der Waals surface area (Å²) >= 11 is 0. The van der Waals surface area contributed by atoms with E-state index in [0.29, 0.717) is 0 Å². The lowest BCUT2D eigenvalue weighted by molar-refractivity contribution is -0.388. The summed E-state index contributed by atoms with van der Waals surface area (Å²) in [4.78, 5) is 0. The number of hydrogen-bond acceptors (Lipinski definition) is 21. The molecule has 0 aromatic rings. The Hall–Kier alpha value is -0.840. The maximum Gasteiger partial charge on any atom is 0.187 e. The van der Waals surface area contributed by atoms with E-state index in [-0.39, 0.29) is 0 Å². The van der Waals surface area contributed by atoms with E-state index in [9.17, 15) is 71.5 Å². The fourth-order valence-electron chi connectivity index (χ4n) is 5.53. The topological polar surface area (TPSA) is 348 Å². The zero-order chi connectivity index (χ0) is 33.3. The second-order valence-corrected chi connectivity index (χ2v) is 11.1. The Morgan fingerprint density at radius 3 is 1.22 bits per heavy atom. The maximum absolute atomic E-state index is 11.0. The summed E-state index contributed by atoms with van der Waals surface area (Å²) < 4.78 is 37.5. The molecule has 4 heterocycles. The standard InChI is InChI=1S/C24H42O21/c25-1-5-9(29)12(32)14(34)22(40-5)45-20-11(31)7(3-27)41-24(17(20)37)43-18-8(4-28)42-23(15(35)13(18)33)44-19-10(30)6(2-26)39-21(38)16(19)36/h5-38H,1-4H2. The summed E-state index contributed by atoms with van der Waals surface area (Å²) in [5, 5.41) is 143. The average molecular weight is 667 g/mol. The largest absolute Gasteiger partial charge is 0.394 e. The van der Waals surface area contributed by atoms with Gasteiger partial charge in [0.05, 0.1) is 26.4 Å². The minimum Gasteiger partial charge on any atom is -0.394 e. The molecule has 21 heteroatoms. The number of aliphatic hydroxyl groups excluding tert-OH is 14. The molecule has 20 atom stereocenters. The van der Waals surface area contributed by atoms with Crippen molar-refractivity contribution in [1.82, 2.24) is 0 Å². The van der Waals surface area contributed by atoms with Gasteiger partial charge in [-0.1, -0.05) is 0 Å². The van der Waals surface area contributed by atoms with E-state index < -0.39 is 149 Å². The van der Waals surface area contributed by atoms with Crippen LogP contribution in [0.5, 0.6) is 0 Å². The molecule has 4 aliphatic heterocycles. The summed E-state index contributed by atoms with van der Waals surface area (Å²) in [5.41, 5.74) is 0. The van der Waals surface area contributed by atoms with Gasteiger partial charge >= 0.3 is 0 Å². The first-order valence-electron chi connectivity index (χ1n) is 14.1. The van der Waals surface area contributed by atoms with Crippen molar-refractivity contribution in [3.63, 3.8) is 0 Å². The molecular weight excluding hydrogens is 624 g/mol. The molecule has 20 unspecified atom stereocenters. The van der Waals surface area contributed by atoms with Gasteiger partial charge in [0.25, 0.3) is 0 Å². The van der Waals surface area contributed by atoms with Gasteiger partial charge in [-0.2, -0.15) is 0 Å². The van der Waals surface area contributed by atoms with Crippen molar-refractivity contribution in [2.45, 2.75) is 123 Å². The van der Waals surface area contributed by atoms with Crippen LogP contribution < -0.4 is 0 Å². The smallest absolute Gasteiger partial charge is 0.187 e. The van der Waals surface area contributed by atoms with E-state index in [0.717, 1.165) is 0 Å². The first kappa shape index (κ1) is 37.0. The lowest BCUT2D eigenvalue weighted by Crippen LogP contribution is -2.67. The van der Waals surface area contributed by atoms with Crippen molar-refractivity contribution < 1.29 is 105 Å². The first-order valence-corrected chi connectivity index (χ1v) is 14.1. The summed E-state index contributed by atoms with van der Waals surface area (Å²) in [5.74, 6) is 0. The molecule has 0 saturated carbocycles. The van der Waals surface area contributed by atoms with E-state index >= 15 is 0 Å². The SMILES string of the molecule is OCC1OC(OC2C(O)C(CO)OC(OC3C(CO)OC(OC4C(O)C(O)OC(CO)C4O)C(O)C3O)C2O)C(O)C(O)C1O. The van der Waals surface area contributed by atoms with Crippen LogP contribution in [0.3, 0.4) is 0 Å². The summed E-state index contributed by atoms with van der Waals surface area (Å²) in [7, 11) is 0. The monoisotopic (exact) mass is 666 g/mol. The lowest BCUT2D eigenvalue weighted by atomic mass is 9.95. The molecular formula is C24H42O21. The minimum absolute atomic E-state index is 0.787. The van der Waals surface area contributed by atoms with Gasteiger partial charge in [-0.25, -0.2) is 0 Å². The van der Waals surface area contributed by atoms with Crippen LogP contribution in [0.1, 0.15) is 0 Å². The van der Waals surface area contributed by atoms with Gasteiger partial charge in [0.1, 0.15) is 97.7 Å². The van der Waals surface area contributed by atoms with Crippen molar-refractivity contribution in [3.05, 3.63) is 0 Å². The van der Waals surface area contributed by atoms with E-state index in [1.807, 2.05) is 0 Å². The van der Waals surface area contributed by atoms with Crippen LogP contribution >= 0.6 is 0 Å². The molecule has 0 radical (unpaired) electrons. The number of aliphatic hydroxyl groups is 14. The second-order valence-electron chi connectivity index (χ2n) is 11.1. The molecule has 4 aliphatic rings. The van der Waals surface area contributed by atoms with Crippen LogP contribution in [0.25, 0.3) is 0 Å². The fraction of sp³-hybridized carbons (Fsp3) is 1.00. The molecule has 14 N–H and O–H groups in total. The molecule has 45 heavy (non-hydrogen) atoms. The van der Waals surface area contributed by atoms with Crippen LogP contribution in [0.15, 0.2) is 0 Å². The van der Waals surface area contributed by atoms with E-state index in [1.165, 1.54) is 0 Å². The summed E-state index contributed by atoms with van der Waals surface area (Å²) in [6, 6.07) is 0. The van der Waals surface area contributed by atoms with Crippen molar-refractivity contribution >= 4 is 0 Å². The number of ether oxygens (including phenoxy) is 7. The van der Waals surface area contributed by atoms with Crippen molar-refractivity contribution in [1.29, 1.82) is 0 Å². The Morgan fingerprint density at radius 2 is 0.711 bits per heavy atom. The van der Waals surface area contributed by atoms with Crippen molar-refractivity contribution in [3.8, 4) is 0 Å². The van der Waals surface area contributed by atoms with Crippen LogP contribution in [-0.4, -0.2) is 221 Å². The predicted molar refractivity (Wildman–Crippen MR) is 134 cm³/mol. The highest BCUT2D eigenvalue weighted by Crippen LogP contribution is 2.34. The normalized spacial score (nSPS) is 52.9. The Labute approximate surface area is 254 Å². The van der Waals surface area contributed by atoms with Gasteiger partial charge in [0.15, 0.2) is 25.2 Å². The Kier molecular flexibility index (Phi) is 12.8. The van der Waals surface area contributed by atoms with Gasteiger partial charge in [0.2, 0.25) is 0 Å². The van der Waals surface area contributed by atoms with Crippen molar-refractivity contribution in [2.75, 3.05) is 26.4 Å². The molecule has 4 rings (SSSR count). The highest BCUT2D eigenvalue weighted by Gasteiger charge is 2.55. The molecule has 21 nitrogen and oxygen atoms in total. The van der Waals surface area contributed by atoms with E-state index in [2.05, 4.69) is 0 Å².